The van der Waals surface area contributed by atoms with E-state index in [1.807, 2.05) is 26.0 Å². The van der Waals surface area contributed by atoms with Crippen LogP contribution < -0.4 is 5.73 Å². The second-order valence-corrected chi connectivity index (χ2v) is 7.97. The van der Waals surface area contributed by atoms with Crippen LogP contribution in [-0.2, 0) is 11.8 Å². The van der Waals surface area contributed by atoms with Crippen molar-refractivity contribution in [1.29, 1.82) is 0 Å². The van der Waals surface area contributed by atoms with Crippen molar-refractivity contribution in [3.05, 3.63) is 77.9 Å². The molecule has 0 unspecified atom stereocenters. The van der Waals surface area contributed by atoms with E-state index >= 15 is 4.39 Å². The van der Waals surface area contributed by atoms with Crippen LogP contribution in [0.4, 0.5) is 4.39 Å². The van der Waals surface area contributed by atoms with Gasteiger partial charge in [-0.1, -0.05) is 57.7 Å². The maximum Gasteiger partial charge on any atom is 0.134 e. The average molecular weight is 382 g/mol. The molecule has 1 aromatic rings. The molecule has 28 heavy (non-hydrogen) atoms. The average Bonchev–Trinajstić information content (AvgIpc) is 2.56. The smallest absolute Gasteiger partial charge is 0.134 e. The van der Waals surface area contributed by atoms with E-state index in [-0.39, 0.29) is 11.2 Å². The number of hydrogen-bond donors (Lipinski definition) is 1. The fraction of sp³-hybridized carbons (Fsp3) is 0.333. The van der Waals surface area contributed by atoms with Crippen molar-refractivity contribution in [3.63, 3.8) is 0 Å². The van der Waals surface area contributed by atoms with Crippen molar-refractivity contribution < 1.29 is 4.39 Å². The monoisotopic (exact) mass is 381 g/mol. The summed E-state index contributed by atoms with van der Waals surface area (Å²) in [6, 6.07) is 3.75. The third-order valence-electron chi connectivity index (χ3n) is 4.08. The van der Waals surface area contributed by atoms with Gasteiger partial charge in [0.1, 0.15) is 5.82 Å². The lowest BCUT2D eigenvalue weighted by Gasteiger charge is -2.24. The van der Waals surface area contributed by atoms with Crippen molar-refractivity contribution in [2.45, 2.75) is 53.4 Å². The van der Waals surface area contributed by atoms with E-state index in [0.717, 1.165) is 16.8 Å². The summed E-state index contributed by atoms with van der Waals surface area (Å²) >= 11 is 0. The molecule has 2 N–H and O–H groups in total. The largest absolute Gasteiger partial charge is 0.387 e. The highest BCUT2D eigenvalue weighted by Gasteiger charge is 2.23. The molecule has 0 saturated heterocycles. The minimum Gasteiger partial charge on any atom is -0.387 e. The van der Waals surface area contributed by atoms with Gasteiger partial charge in [-0.25, -0.2) is 9.38 Å². The molecule has 0 bridgehead atoms. The van der Waals surface area contributed by atoms with Crippen molar-refractivity contribution in [2.75, 3.05) is 0 Å². The van der Waals surface area contributed by atoms with Gasteiger partial charge in [-0.15, -0.1) is 0 Å². The molecule has 1 rings (SSSR count). The third-order valence-corrected chi connectivity index (χ3v) is 4.08. The van der Waals surface area contributed by atoms with Crippen molar-refractivity contribution >= 4 is 17.1 Å². The van der Waals surface area contributed by atoms with Gasteiger partial charge in [-0.05, 0) is 43.4 Å². The number of hydrogen-bond acceptors (Lipinski definition) is 2. The van der Waals surface area contributed by atoms with Gasteiger partial charge in [0.05, 0.1) is 5.84 Å². The quantitative estimate of drug-likeness (QED) is 0.345. The number of halogens is 1. The predicted octanol–water partition coefficient (Wildman–Crippen LogP) is 6.12. The maximum atomic E-state index is 15.6. The molecule has 0 aliphatic carbocycles. The summed E-state index contributed by atoms with van der Waals surface area (Å²) in [6.07, 6.45) is 7.06. The zero-order valence-corrected chi connectivity index (χ0v) is 17.9. The molecule has 0 saturated carbocycles. The van der Waals surface area contributed by atoms with Crippen LogP contribution in [0.5, 0.6) is 0 Å². The highest BCUT2D eigenvalue weighted by molar-refractivity contribution is 5.86. The maximum absolute atomic E-state index is 15.6. The number of allylic oxidation sites excluding steroid dienone is 4. The molecule has 0 spiro atoms. The summed E-state index contributed by atoms with van der Waals surface area (Å²) in [5.74, 6) is 0.125. The Bertz CT molecular complexity index is 859. The number of amidine groups is 1. The van der Waals surface area contributed by atoms with Gasteiger partial charge in [0.25, 0.3) is 0 Å². The normalized spacial score (nSPS) is 13.9. The van der Waals surface area contributed by atoms with E-state index in [1.165, 1.54) is 6.20 Å². The first-order valence-corrected chi connectivity index (χ1v) is 9.27. The second-order valence-electron chi connectivity index (χ2n) is 7.97. The number of nitrogens with two attached hydrogens (primary N) is 1. The van der Waals surface area contributed by atoms with E-state index in [9.17, 15) is 0 Å². The van der Waals surface area contributed by atoms with Crippen LogP contribution in [0, 0.1) is 5.82 Å². The Morgan fingerprint density at radius 2 is 1.82 bits per heavy atom. The summed E-state index contributed by atoms with van der Waals surface area (Å²) in [6.45, 7) is 19.3. The molecule has 150 valence electrons. The first-order chi connectivity index (χ1) is 13.0. The summed E-state index contributed by atoms with van der Waals surface area (Å²) < 4.78 is 15.6. The van der Waals surface area contributed by atoms with Crippen molar-refractivity contribution in [3.8, 4) is 0 Å². The first-order valence-electron chi connectivity index (χ1n) is 9.27. The van der Waals surface area contributed by atoms with Crippen LogP contribution in [0.25, 0.3) is 5.57 Å². The summed E-state index contributed by atoms with van der Waals surface area (Å²) in [7, 11) is 0. The first kappa shape index (κ1) is 23.3. The Morgan fingerprint density at radius 3 is 2.32 bits per heavy atom. The van der Waals surface area contributed by atoms with Crippen LogP contribution in [0.2, 0.25) is 0 Å². The van der Waals surface area contributed by atoms with Crippen LogP contribution in [-0.4, -0.2) is 11.5 Å². The van der Waals surface area contributed by atoms with Crippen molar-refractivity contribution in [1.82, 2.24) is 0 Å². The van der Waals surface area contributed by atoms with E-state index in [1.54, 1.807) is 25.3 Å². The molecule has 0 radical (unpaired) electrons. The molecule has 0 fully saturated rings. The molecule has 0 amide bonds. The highest BCUT2D eigenvalue weighted by Crippen LogP contribution is 2.32. The molecule has 0 aliphatic rings. The molecule has 3 nitrogen and oxygen atoms in total. The Kier molecular flexibility index (Phi) is 8.30. The topological polar surface area (TPSA) is 50.7 Å². The van der Waals surface area contributed by atoms with E-state index in [4.69, 9.17) is 5.73 Å². The van der Waals surface area contributed by atoms with Gasteiger partial charge in [-0.2, -0.15) is 0 Å². The lowest BCUT2D eigenvalue weighted by atomic mass is 9.81. The fourth-order valence-electron chi connectivity index (χ4n) is 2.72. The van der Waals surface area contributed by atoms with Crippen LogP contribution >= 0.6 is 0 Å². The van der Waals surface area contributed by atoms with Crippen LogP contribution in [0.1, 0.15) is 58.2 Å². The van der Waals surface area contributed by atoms with E-state index in [2.05, 4.69) is 43.9 Å². The number of benzene rings is 1. The number of aliphatic imine (C=N–C) groups is 2. The van der Waals surface area contributed by atoms with Gasteiger partial charge in [0, 0.05) is 35.7 Å². The minimum absolute atomic E-state index is 0.202. The van der Waals surface area contributed by atoms with Gasteiger partial charge in [-0.3, -0.25) is 4.99 Å². The Balaban J connectivity index is 3.54. The number of nitrogens with zero attached hydrogens (tertiary/aromatic N) is 2. The van der Waals surface area contributed by atoms with Gasteiger partial charge in [0.2, 0.25) is 0 Å². The Morgan fingerprint density at radius 1 is 1.18 bits per heavy atom. The minimum atomic E-state index is -0.276. The Labute approximate surface area is 169 Å². The van der Waals surface area contributed by atoms with Gasteiger partial charge < -0.3 is 5.73 Å². The summed E-state index contributed by atoms with van der Waals surface area (Å²) in [5, 5.41) is 0. The fourth-order valence-corrected chi connectivity index (χ4v) is 2.72. The summed E-state index contributed by atoms with van der Waals surface area (Å²) in [4.78, 5) is 8.50. The Hall–Kier alpha value is -2.75. The molecular weight excluding hydrogens is 349 g/mol. The third kappa shape index (κ3) is 6.76. The molecule has 0 atom stereocenters. The molecule has 0 heterocycles. The predicted molar refractivity (Wildman–Crippen MR) is 121 cm³/mol. The van der Waals surface area contributed by atoms with Crippen LogP contribution in [0.3, 0.4) is 0 Å². The van der Waals surface area contributed by atoms with Crippen molar-refractivity contribution in [2.24, 2.45) is 15.7 Å². The number of rotatable bonds is 7. The van der Waals surface area contributed by atoms with Gasteiger partial charge in [0.15, 0.2) is 0 Å². The molecule has 0 aromatic heterocycles. The van der Waals surface area contributed by atoms with E-state index < -0.39 is 0 Å². The molecule has 0 aliphatic heterocycles. The lowest BCUT2D eigenvalue weighted by molar-refractivity contribution is 0.559. The SMILES string of the molecule is C=C/C(=C\N=C(C)N)c1ccc(C(C)(C)C)c(CC(C)=N/C=C\C(=C)C)c1F. The lowest BCUT2D eigenvalue weighted by Crippen LogP contribution is -2.18. The van der Waals surface area contributed by atoms with Crippen LogP contribution in [0.15, 0.2) is 65.4 Å². The molecule has 4 heteroatoms. The van der Waals surface area contributed by atoms with Gasteiger partial charge >= 0.3 is 0 Å². The zero-order chi connectivity index (χ0) is 21.5. The zero-order valence-electron chi connectivity index (χ0n) is 17.9. The highest BCUT2D eigenvalue weighted by atomic mass is 19.1. The second kappa shape index (κ2) is 9.98. The molecular formula is C24H32FN3. The van der Waals surface area contributed by atoms with E-state index in [0.29, 0.717) is 29.0 Å². The molecule has 1 aromatic carbocycles. The standard InChI is InChI=1S/C24H32FN3/c1-9-19(15-28-18(5)26)20-10-11-22(24(6,7)8)21(23(20)25)14-17(4)27-13-12-16(2)3/h9-13,15H,1-2,14H2,3-8H3,(H2,26,28)/b13-12-,19-15+,27-17?. The summed E-state index contributed by atoms with van der Waals surface area (Å²) in [5.41, 5.74) is 9.76.